The Bertz CT molecular complexity index is 681. The van der Waals surface area contributed by atoms with Crippen LogP contribution in [-0.2, 0) is 6.54 Å². The minimum Gasteiger partial charge on any atom is -0.363 e. The summed E-state index contributed by atoms with van der Waals surface area (Å²) in [5.41, 5.74) is 1.97. The van der Waals surface area contributed by atoms with Crippen LogP contribution < -0.4 is 4.90 Å². The largest absolute Gasteiger partial charge is 0.363 e. The van der Waals surface area contributed by atoms with Gasteiger partial charge in [0.15, 0.2) is 0 Å². The van der Waals surface area contributed by atoms with Gasteiger partial charge < -0.3 is 4.90 Å². The predicted octanol–water partition coefficient (Wildman–Crippen LogP) is 2.02. The molecule has 0 amide bonds. The van der Waals surface area contributed by atoms with Gasteiger partial charge in [0, 0.05) is 56.7 Å². The minimum atomic E-state index is -0.314. The number of nitro groups is 1. The smallest absolute Gasteiger partial charge is 0.292 e. The van der Waals surface area contributed by atoms with Gasteiger partial charge in [-0.05, 0) is 13.0 Å². The van der Waals surface area contributed by atoms with Gasteiger partial charge in [-0.1, -0.05) is 12.1 Å². The summed E-state index contributed by atoms with van der Waals surface area (Å²) in [6, 6.07) is 6.93. The number of anilines is 1. The van der Waals surface area contributed by atoms with E-state index in [1.807, 2.05) is 31.5 Å². The number of hydrogen-bond donors (Lipinski definition) is 0. The molecular formula is C16H19N5O2. The molecule has 0 spiro atoms. The molecule has 120 valence electrons. The van der Waals surface area contributed by atoms with Gasteiger partial charge in [-0.3, -0.25) is 15.0 Å². The van der Waals surface area contributed by atoms with Crippen molar-refractivity contribution < 1.29 is 4.92 Å². The molecule has 0 bridgehead atoms. The van der Waals surface area contributed by atoms with Crippen LogP contribution in [0.15, 0.2) is 36.7 Å². The minimum absolute atomic E-state index is 0.174. The summed E-state index contributed by atoms with van der Waals surface area (Å²) >= 11 is 0. The topological polar surface area (TPSA) is 75.4 Å². The van der Waals surface area contributed by atoms with Gasteiger partial charge >= 0.3 is 0 Å². The molecule has 0 unspecified atom stereocenters. The molecule has 7 nitrogen and oxygen atoms in total. The standard InChI is InChI=1S/C16H19N5O2/c1-13-17-10-14(11-18-13)12-19-6-8-20(9-7-19)15-4-2-3-5-16(15)21(22)23/h2-5,10-11H,6-9,12H2,1H3. The number of rotatable bonds is 4. The first-order chi connectivity index (χ1) is 11.1. The number of nitro benzene ring substituents is 1. The number of para-hydroxylation sites is 2. The van der Waals surface area contributed by atoms with Gasteiger partial charge in [0.1, 0.15) is 11.5 Å². The maximum absolute atomic E-state index is 11.2. The summed E-state index contributed by atoms with van der Waals surface area (Å²) in [4.78, 5) is 23.7. The molecule has 0 atom stereocenters. The van der Waals surface area contributed by atoms with Gasteiger partial charge in [-0.2, -0.15) is 0 Å². The number of piperazine rings is 1. The van der Waals surface area contributed by atoms with E-state index >= 15 is 0 Å². The van der Waals surface area contributed by atoms with Crippen LogP contribution in [0.2, 0.25) is 0 Å². The second-order valence-electron chi connectivity index (χ2n) is 5.65. The van der Waals surface area contributed by atoms with Crippen LogP contribution in [0.25, 0.3) is 0 Å². The van der Waals surface area contributed by atoms with Gasteiger partial charge in [0.2, 0.25) is 0 Å². The first-order valence-electron chi connectivity index (χ1n) is 7.62. The molecule has 23 heavy (non-hydrogen) atoms. The van der Waals surface area contributed by atoms with E-state index in [4.69, 9.17) is 0 Å². The van der Waals surface area contributed by atoms with Gasteiger partial charge in [-0.25, -0.2) is 9.97 Å². The molecule has 1 aromatic carbocycles. The molecule has 2 heterocycles. The lowest BCUT2D eigenvalue weighted by molar-refractivity contribution is -0.384. The fourth-order valence-electron chi connectivity index (χ4n) is 2.79. The predicted molar refractivity (Wildman–Crippen MR) is 87.4 cm³/mol. The van der Waals surface area contributed by atoms with Crippen molar-refractivity contribution >= 4 is 11.4 Å². The molecule has 0 aliphatic carbocycles. The van der Waals surface area contributed by atoms with Gasteiger partial charge in [0.05, 0.1) is 4.92 Å². The quantitative estimate of drug-likeness (QED) is 0.635. The summed E-state index contributed by atoms with van der Waals surface area (Å²) < 4.78 is 0. The van der Waals surface area contributed by atoms with Crippen molar-refractivity contribution in [2.75, 3.05) is 31.1 Å². The van der Waals surface area contributed by atoms with E-state index in [0.717, 1.165) is 44.1 Å². The Balaban J connectivity index is 1.62. The Labute approximate surface area is 134 Å². The molecule has 1 aromatic heterocycles. The lowest BCUT2D eigenvalue weighted by Crippen LogP contribution is -2.46. The fourth-order valence-corrected chi connectivity index (χ4v) is 2.79. The lowest BCUT2D eigenvalue weighted by atomic mass is 10.2. The average molecular weight is 313 g/mol. The second kappa shape index (κ2) is 6.70. The van der Waals surface area contributed by atoms with Crippen LogP contribution in [-0.4, -0.2) is 46.0 Å². The SMILES string of the molecule is Cc1ncc(CN2CCN(c3ccccc3[N+](=O)[O-])CC2)cn1. The Kier molecular flexibility index (Phi) is 4.47. The second-order valence-corrected chi connectivity index (χ2v) is 5.65. The molecule has 0 N–H and O–H groups in total. The zero-order valence-corrected chi connectivity index (χ0v) is 13.1. The van der Waals surface area contributed by atoms with Crippen molar-refractivity contribution in [3.8, 4) is 0 Å². The number of hydrogen-bond acceptors (Lipinski definition) is 6. The molecule has 3 rings (SSSR count). The monoisotopic (exact) mass is 313 g/mol. The van der Waals surface area contributed by atoms with Crippen LogP contribution in [0.5, 0.6) is 0 Å². The third kappa shape index (κ3) is 3.62. The third-order valence-corrected chi connectivity index (χ3v) is 4.03. The Morgan fingerprint density at radius 3 is 2.43 bits per heavy atom. The van der Waals surface area contributed by atoms with E-state index in [1.54, 1.807) is 12.1 Å². The lowest BCUT2D eigenvalue weighted by Gasteiger charge is -2.35. The zero-order valence-electron chi connectivity index (χ0n) is 13.1. The highest BCUT2D eigenvalue weighted by molar-refractivity contribution is 5.63. The Hall–Kier alpha value is -2.54. The number of benzene rings is 1. The van der Waals surface area contributed by atoms with E-state index < -0.39 is 0 Å². The summed E-state index contributed by atoms with van der Waals surface area (Å²) in [5.74, 6) is 0.773. The highest BCUT2D eigenvalue weighted by atomic mass is 16.6. The van der Waals surface area contributed by atoms with E-state index in [0.29, 0.717) is 5.69 Å². The van der Waals surface area contributed by atoms with Crippen LogP contribution >= 0.6 is 0 Å². The molecule has 2 aromatic rings. The van der Waals surface area contributed by atoms with E-state index in [-0.39, 0.29) is 10.6 Å². The maximum Gasteiger partial charge on any atom is 0.292 e. The number of aryl methyl sites for hydroxylation is 1. The van der Waals surface area contributed by atoms with Crippen LogP contribution in [0, 0.1) is 17.0 Å². The van der Waals surface area contributed by atoms with Crippen molar-refractivity contribution in [2.24, 2.45) is 0 Å². The van der Waals surface area contributed by atoms with Crippen molar-refractivity contribution in [3.05, 3.63) is 58.2 Å². The summed E-state index contributed by atoms with van der Waals surface area (Å²) in [7, 11) is 0. The van der Waals surface area contributed by atoms with Crippen molar-refractivity contribution in [1.82, 2.24) is 14.9 Å². The van der Waals surface area contributed by atoms with Crippen LogP contribution in [0.4, 0.5) is 11.4 Å². The van der Waals surface area contributed by atoms with Crippen molar-refractivity contribution in [3.63, 3.8) is 0 Å². The molecule has 1 fully saturated rings. The molecular weight excluding hydrogens is 294 g/mol. The molecule has 1 saturated heterocycles. The summed E-state index contributed by atoms with van der Waals surface area (Å²) in [5, 5.41) is 11.2. The fraction of sp³-hybridized carbons (Fsp3) is 0.375. The average Bonchev–Trinajstić information content (AvgIpc) is 2.58. The van der Waals surface area contributed by atoms with Gasteiger partial charge in [-0.15, -0.1) is 0 Å². The maximum atomic E-state index is 11.2. The van der Waals surface area contributed by atoms with Crippen molar-refractivity contribution in [2.45, 2.75) is 13.5 Å². The highest BCUT2D eigenvalue weighted by Gasteiger charge is 2.23. The number of nitrogens with zero attached hydrogens (tertiary/aromatic N) is 5. The Morgan fingerprint density at radius 1 is 1.13 bits per heavy atom. The van der Waals surface area contributed by atoms with Crippen molar-refractivity contribution in [1.29, 1.82) is 0 Å². The normalized spacial score (nSPS) is 15.6. The first-order valence-corrected chi connectivity index (χ1v) is 7.62. The van der Waals surface area contributed by atoms with E-state index in [1.165, 1.54) is 0 Å². The first kappa shape index (κ1) is 15.4. The summed E-state index contributed by atoms with van der Waals surface area (Å²) in [6.45, 7) is 5.95. The van der Waals surface area contributed by atoms with Crippen LogP contribution in [0.1, 0.15) is 11.4 Å². The molecule has 1 aliphatic heterocycles. The molecule has 0 saturated carbocycles. The molecule has 7 heteroatoms. The molecule has 1 aliphatic rings. The Morgan fingerprint density at radius 2 is 1.78 bits per heavy atom. The highest BCUT2D eigenvalue weighted by Crippen LogP contribution is 2.28. The van der Waals surface area contributed by atoms with Crippen LogP contribution in [0.3, 0.4) is 0 Å². The zero-order chi connectivity index (χ0) is 16.2. The third-order valence-electron chi connectivity index (χ3n) is 4.03. The number of aromatic nitrogens is 2. The van der Waals surface area contributed by atoms with Gasteiger partial charge in [0.25, 0.3) is 5.69 Å². The van der Waals surface area contributed by atoms with E-state index in [2.05, 4.69) is 19.8 Å². The molecule has 0 radical (unpaired) electrons. The van der Waals surface area contributed by atoms with E-state index in [9.17, 15) is 10.1 Å². The summed E-state index contributed by atoms with van der Waals surface area (Å²) in [6.07, 6.45) is 3.72.